The van der Waals surface area contributed by atoms with E-state index in [1.807, 2.05) is 0 Å². The van der Waals surface area contributed by atoms with Crippen molar-refractivity contribution in [1.29, 1.82) is 0 Å². The van der Waals surface area contributed by atoms with Crippen molar-refractivity contribution in [3.8, 4) is 0 Å². The van der Waals surface area contributed by atoms with Crippen molar-refractivity contribution in [3.05, 3.63) is 44.8 Å². The first-order valence-electron chi connectivity index (χ1n) is 7.14. The average molecular weight is 428 g/mol. The van der Waals surface area contributed by atoms with Crippen molar-refractivity contribution in [2.75, 3.05) is 24.2 Å². The molecule has 2 rings (SSSR count). The number of carbonyl (C=O) groups is 3. The summed E-state index contributed by atoms with van der Waals surface area (Å²) in [7, 11) is 1.52. The summed E-state index contributed by atoms with van der Waals surface area (Å²) < 4.78 is 14.4. The molecule has 9 heteroatoms. The number of nitrogens with zero attached hydrogens (tertiary/aromatic N) is 1. The number of halogens is 2. The smallest absolute Gasteiger partial charge is 0.264 e. The normalized spacial score (nSPS) is 10.2. The van der Waals surface area contributed by atoms with E-state index in [4.69, 9.17) is 0 Å². The van der Waals surface area contributed by atoms with E-state index in [1.165, 1.54) is 42.3 Å². The molecule has 0 radical (unpaired) electrons. The summed E-state index contributed by atoms with van der Waals surface area (Å²) in [5, 5.41) is 4.91. The van der Waals surface area contributed by atoms with E-state index in [0.29, 0.717) is 10.6 Å². The number of hydrogen-bond donors (Lipinski definition) is 2. The van der Waals surface area contributed by atoms with Gasteiger partial charge in [0.15, 0.2) is 0 Å². The Morgan fingerprint density at radius 1 is 1.20 bits per heavy atom. The maximum Gasteiger partial charge on any atom is 0.264 e. The van der Waals surface area contributed by atoms with Crippen molar-refractivity contribution < 1.29 is 18.8 Å². The predicted octanol–water partition coefficient (Wildman–Crippen LogP) is 3.32. The zero-order chi connectivity index (χ0) is 18.6. The fraction of sp³-hybridized carbons (Fsp3) is 0.188. The van der Waals surface area contributed by atoms with Crippen LogP contribution in [0.15, 0.2) is 34.1 Å². The molecule has 0 saturated heterocycles. The minimum Gasteiger partial charge on any atom is -0.332 e. The summed E-state index contributed by atoms with van der Waals surface area (Å²) in [6, 6.07) is 7.25. The Morgan fingerprint density at radius 3 is 2.52 bits per heavy atom. The number of amides is 3. The Hall–Kier alpha value is -2.26. The summed E-state index contributed by atoms with van der Waals surface area (Å²) in [4.78, 5) is 37.1. The van der Waals surface area contributed by atoms with Crippen LogP contribution in [0.1, 0.15) is 16.6 Å². The van der Waals surface area contributed by atoms with Crippen LogP contribution < -0.4 is 10.6 Å². The SMILES string of the molecule is CC(=O)Nc1cc(NC(=O)CN(C)C(=O)c2ccc(Br)s2)ccc1F. The molecule has 0 aliphatic carbocycles. The van der Waals surface area contributed by atoms with Crippen LogP contribution in [-0.2, 0) is 9.59 Å². The number of rotatable bonds is 5. The summed E-state index contributed by atoms with van der Waals surface area (Å²) in [5.41, 5.74) is 0.285. The molecule has 0 aliphatic heterocycles. The lowest BCUT2D eigenvalue weighted by atomic mass is 10.2. The quantitative estimate of drug-likeness (QED) is 0.767. The van der Waals surface area contributed by atoms with E-state index in [2.05, 4.69) is 26.6 Å². The van der Waals surface area contributed by atoms with Crippen LogP contribution in [0.2, 0.25) is 0 Å². The highest BCUT2D eigenvalue weighted by atomic mass is 79.9. The third-order valence-corrected chi connectivity index (χ3v) is 4.68. The van der Waals surface area contributed by atoms with Crippen LogP contribution in [0.4, 0.5) is 15.8 Å². The minimum absolute atomic E-state index is 0.0295. The molecule has 3 amide bonds. The summed E-state index contributed by atoms with van der Waals surface area (Å²) in [5.74, 6) is -1.74. The highest BCUT2D eigenvalue weighted by molar-refractivity contribution is 9.11. The second kappa shape index (κ2) is 8.21. The van der Waals surface area contributed by atoms with Gasteiger partial charge in [0.2, 0.25) is 11.8 Å². The first-order valence-corrected chi connectivity index (χ1v) is 8.75. The second-order valence-electron chi connectivity index (χ2n) is 5.19. The lowest BCUT2D eigenvalue weighted by molar-refractivity contribution is -0.116. The van der Waals surface area contributed by atoms with Gasteiger partial charge in [-0.05, 0) is 46.3 Å². The van der Waals surface area contributed by atoms with Gasteiger partial charge in [-0.3, -0.25) is 14.4 Å². The van der Waals surface area contributed by atoms with Crippen molar-refractivity contribution >= 4 is 56.4 Å². The zero-order valence-electron chi connectivity index (χ0n) is 13.4. The molecular weight excluding hydrogens is 413 g/mol. The van der Waals surface area contributed by atoms with Crippen LogP contribution in [-0.4, -0.2) is 36.2 Å². The summed E-state index contributed by atoms with van der Waals surface area (Å²) >= 11 is 4.56. The van der Waals surface area contributed by atoms with Gasteiger partial charge in [0.05, 0.1) is 20.9 Å². The molecular formula is C16H15BrFN3O3S. The largest absolute Gasteiger partial charge is 0.332 e. The molecule has 0 aliphatic rings. The zero-order valence-corrected chi connectivity index (χ0v) is 15.8. The standard InChI is InChI=1S/C16H15BrFN3O3S/c1-9(22)19-12-7-10(3-4-11(12)18)20-15(23)8-21(2)16(24)13-5-6-14(17)25-13/h3-7H,8H2,1-2H3,(H,19,22)(H,20,23). The Balaban J connectivity index is 2.00. The van der Waals surface area contributed by atoms with Crippen molar-refractivity contribution in [2.24, 2.45) is 0 Å². The van der Waals surface area contributed by atoms with Crippen LogP contribution in [0.5, 0.6) is 0 Å². The van der Waals surface area contributed by atoms with Gasteiger partial charge in [0.25, 0.3) is 5.91 Å². The monoisotopic (exact) mass is 427 g/mol. The molecule has 25 heavy (non-hydrogen) atoms. The van der Waals surface area contributed by atoms with Gasteiger partial charge in [-0.15, -0.1) is 11.3 Å². The number of carbonyl (C=O) groups excluding carboxylic acids is 3. The molecule has 0 atom stereocenters. The molecule has 0 unspecified atom stereocenters. The van der Waals surface area contributed by atoms with Crippen molar-refractivity contribution in [2.45, 2.75) is 6.92 Å². The Labute approximate surface area is 156 Å². The van der Waals surface area contributed by atoms with Crippen LogP contribution in [0.3, 0.4) is 0 Å². The predicted molar refractivity (Wildman–Crippen MR) is 98.3 cm³/mol. The lowest BCUT2D eigenvalue weighted by Gasteiger charge is -2.16. The van der Waals surface area contributed by atoms with E-state index < -0.39 is 17.6 Å². The molecule has 2 N–H and O–H groups in total. The van der Waals surface area contributed by atoms with Gasteiger partial charge >= 0.3 is 0 Å². The molecule has 132 valence electrons. The van der Waals surface area contributed by atoms with E-state index in [1.54, 1.807) is 12.1 Å². The maximum absolute atomic E-state index is 13.6. The molecule has 6 nitrogen and oxygen atoms in total. The molecule has 1 aromatic carbocycles. The van der Waals surface area contributed by atoms with Gasteiger partial charge in [-0.2, -0.15) is 0 Å². The third-order valence-electron chi connectivity index (χ3n) is 3.07. The lowest BCUT2D eigenvalue weighted by Crippen LogP contribution is -2.34. The summed E-state index contributed by atoms with van der Waals surface area (Å²) in [6.45, 7) is 1.09. The van der Waals surface area contributed by atoms with Gasteiger partial charge in [0.1, 0.15) is 5.82 Å². The Kier molecular flexibility index (Phi) is 6.27. The van der Waals surface area contributed by atoms with Gasteiger partial charge < -0.3 is 15.5 Å². The highest BCUT2D eigenvalue weighted by Crippen LogP contribution is 2.23. The molecule has 0 saturated carbocycles. The summed E-state index contributed by atoms with van der Waals surface area (Å²) in [6.07, 6.45) is 0. The third kappa shape index (κ3) is 5.36. The van der Waals surface area contributed by atoms with Crippen molar-refractivity contribution in [1.82, 2.24) is 4.90 Å². The van der Waals surface area contributed by atoms with Gasteiger partial charge in [0, 0.05) is 19.7 Å². The minimum atomic E-state index is -0.608. The fourth-order valence-corrected chi connectivity index (χ4v) is 3.37. The van der Waals surface area contributed by atoms with E-state index >= 15 is 0 Å². The van der Waals surface area contributed by atoms with E-state index in [-0.39, 0.29) is 18.1 Å². The topological polar surface area (TPSA) is 78.5 Å². The number of benzene rings is 1. The molecule has 0 bridgehead atoms. The molecule has 1 heterocycles. The Morgan fingerprint density at radius 2 is 1.92 bits per heavy atom. The van der Waals surface area contributed by atoms with E-state index in [0.717, 1.165) is 9.85 Å². The number of thiophene rings is 1. The number of hydrogen-bond acceptors (Lipinski definition) is 4. The van der Waals surface area contributed by atoms with Crippen molar-refractivity contribution in [3.63, 3.8) is 0 Å². The number of anilines is 2. The van der Waals surface area contributed by atoms with Crippen LogP contribution in [0.25, 0.3) is 0 Å². The average Bonchev–Trinajstić information content (AvgIpc) is 2.95. The van der Waals surface area contributed by atoms with Gasteiger partial charge in [-0.1, -0.05) is 0 Å². The first-order chi connectivity index (χ1) is 11.8. The van der Waals surface area contributed by atoms with Crippen LogP contribution in [0, 0.1) is 5.82 Å². The van der Waals surface area contributed by atoms with Crippen LogP contribution >= 0.6 is 27.3 Å². The second-order valence-corrected chi connectivity index (χ2v) is 7.65. The number of likely N-dealkylation sites (N-methyl/N-ethyl adjacent to an activating group) is 1. The fourth-order valence-electron chi connectivity index (χ4n) is 1.99. The van der Waals surface area contributed by atoms with Gasteiger partial charge in [-0.25, -0.2) is 4.39 Å². The Bertz CT molecular complexity index is 825. The molecule has 2 aromatic rings. The first kappa shape index (κ1) is 19.1. The van der Waals surface area contributed by atoms with E-state index in [9.17, 15) is 18.8 Å². The number of nitrogens with one attached hydrogen (secondary N) is 2. The molecule has 1 aromatic heterocycles. The highest BCUT2D eigenvalue weighted by Gasteiger charge is 2.17. The maximum atomic E-state index is 13.6. The molecule has 0 spiro atoms. The molecule has 0 fully saturated rings.